The Labute approximate surface area is 170 Å². The van der Waals surface area contributed by atoms with Crippen molar-refractivity contribution in [3.8, 4) is 11.5 Å². The fourth-order valence-electron chi connectivity index (χ4n) is 4.27. The molecule has 5 nitrogen and oxygen atoms in total. The Morgan fingerprint density at radius 2 is 1.93 bits per heavy atom. The van der Waals surface area contributed by atoms with Gasteiger partial charge in [0, 0.05) is 24.6 Å². The van der Waals surface area contributed by atoms with E-state index in [-0.39, 0.29) is 12.5 Å². The van der Waals surface area contributed by atoms with Gasteiger partial charge in [0.15, 0.2) is 0 Å². The van der Waals surface area contributed by atoms with E-state index in [1.165, 1.54) is 5.56 Å². The summed E-state index contributed by atoms with van der Waals surface area (Å²) in [6.07, 6.45) is 1.06. The Morgan fingerprint density at radius 3 is 2.72 bits per heavy atom. The highest BCUT2D eigenvalue weighted by molar-refractivity contribution is 5.98. The number of likely N-dealkylation sites (tertiary alicyclic amines) is 1. The molecule has 0 unspecified atom stereocenters. The summed E-state index contributed by atoms with van der Waals surface area (Å²) >= 11 is 0. The third-order valence-corrected chi connectivity index (χ3v) is 5.82. The molecule has 0 aromatic heterocycles. The van der Waals surface area contributed by atoms with Gasteiger partial charge in [-0.1, -0.05) is 18.2 Å². The molecule has 0 radical (unpaired) electrons. The second-order valence-corrected chi connectivity index (χ2v) is 7.84. The van der Waals surface area contributed by atoms with Crippen molar-refractivity contribution in [2.24, 2.45) is 5.92 Å². The summed E-state index contributed by atoms with van der Waals surface area (Å²) in [5.74, 6) is 2.13. The van der Waals surface area contributed by atoms with Gasteiger partial charge in [-0.05, 0) is 61.3 Å². The molecule has 2 aromatic carbocycles. The minimum atomic E-state index is -0.486. The topological polar surface area (TPSA) is 50.8 Å². The molecule has 2 heterocycles. The van der Waals surface area contributed by atoms with Crippen LogP contribution in [0.2, 0.25) is 0 Å². The van der Waals surface area contributed by atoms with Gasteiger partial charge in [-0.3, -0.25) is 4.79 Å². The van der Waals surface area contributed by atoms with Crippen LogP contribution in [0.15, 0.2) is 42.5 Å². The number of ether oxygens (including phenoxy) is 2. The summed E-state index contributed by atoms with van der Waals surface area (Å²) < 4.78 is 23.8. The number of benzene rings is 2. The van der Waals surface area contributed by atoms with Gasteiger partial charge >= 0.3 is 0 Å². The average Bonchev–Trinajstić information content (AvgIpc) is 3.11. The van der Waals surface area contributed by atoms with Crippen LogP contribution in [0.1, 0.15) is 33.8 Å². The molecule has 0 spiro atoms. The van der Waals surface area contributed by atoms with Crippen LogP contribution in [0.3, 0.4) is 0 Å². The smallest absolute Gasteiger partial charge is 0.252 e. The number of hydrogen-bond acceptors (Lipinski definition) is 4. The molecular weight excluding hydrogens is 371 g/mol. The SMILES string of the molecule is CN1CC[C@@H](c2ccc(OCCF)cc2)[C@H](COc2ccc3c(c2)C(=O)NC3)C1. The predicted octanol–water partition coefficient (Wildman–Crippen LogP) is 3.39. The molecule has 0 saturated carbocycles. The zero-order valence-electron chi connectivity index (χ0n) is 16.7. The fraction of sp³-hybridized carbons (Fsp3) is 0.435. The van der Waals surface area contributed by atoms with Gasteiger partial charge in [-0.25, -0.2) is 4.39 Å². The van der Waals surface area contributed by atoms with Crippen molar-refractivity contribution >= 4 is 5.91 Å². The van der Waals surface area contributed by atoms with Crippen molar-refractivity contribution in [1.29, 1.82) is 0 Å². The van der Waals surface area contributed by atoms with Gasteiger partial charge in [-0.2, -0.15) is 0 Å². The normalized spacial score (nSPS) is 21.5. The van der Waals surface area contributed by atoms with Gasteiger partial charge < -0.3 is 19.7 Å². The second kappa shape index (κ2) is 8.82. The van der Waals surface area contributed by atoms with Crippen molar-refractivity contribution in [3.63, 3.8) is 0 Å². The molecule has 29 heavy (non-hydrogen) atoms. The van der Waals surface area contributed by atoms with Crippen LogP contribution >= 0.6 is 0 Å². The lowest BCUT2D eigenvalue weighted by Gasteiger charge is -2.37. The Balaban J connectivity index is 1.44. The number of carbonyl (C=O) groups excluding carboxylic acids is 1. The first-order valence-electron chi connectivity index (χ1n) is 10.1. The van der Waals surface area contributed by atoms with Crippen LogP contribution in [0.4, 0.5) is 4.39 Å². The first-order chi connectivity index (χ1) is 14.1. The van der Waals surface area contributed by atoms with Gasteiger partial charge in [0.25, 0.3) is 5.91 Å². The first-order valence-corrected chi connectivity index (χ1v) is 10.1. The molecule has 6 heteroatoms. The lowest BCUT2D eigenvalue weighted by molar-refractivity contribution is 0.0965. The molecule has 0 bridgehead atoms. The summed E-state index contributed by atoms with van der Waals surface area (Å²) in [5, 5.41) is 2.84. The van der Waals surface area contributed by atoms with Gasteiger partial charge in [0.1, 0.15) is 24.8 Å². The van der Waals surface area contributed by atoms with Crippen molar-refractivity contribution in [1.82, 2.24) is 10.2 Å². The van der Waals surface area contributed by atoms with E-state index in [2.05, 4.69) is 29.4 Å². The van der Waals surface area contributed by atoms with Crippen molar-refractivity contribution in [2.45, 2.75) is 18.9 Å². The monoisotopic (exact) mass is 398 g/mol. The Hall–Kier alpha value is -2.60. The molecular formula is C23H27FN2O3. The zero-order valence-corrected chi connectivity index (χ0v) is 16.7. The van der Waals surface area contributed by atoms with Crippen LogP contribution in [0, 0.1) is 5.92 Å². The molecule has 1 amide bonds. The third-order valence-electron chi connectivity index (χ3n) is 5.82. The van der Waals surface area contributed by atoms with Crippen LogP contribution in [-0.2, 0) is 6.54 Å². The standard InChI is InChI=1S/C23H27FN2O3/c1-26-10-8-21(16-2-5-19(6-3-16)28-11-9-24)18(14-26)15-29-20-7-4-17-13-25-23(27)22(17)12-20/h2-7,12,18,21H,8-11,13-15H2,1H3,(H,25,27)/t18-,21-/m0/s1. The van der Waals surface area contributed by atoms with Crippen LogP contribution < -0.4 is 14.8 Å². The van der Waals surface area contributed by atoms with Crippen molar-refractivity contribution in [2.75, 3.05) is 40.0 Å². The number of carbonyl (C=O) groups is 1. The first kappa shape index (κ1) is 19.7. The average molecular weight is 398 g/mol. The summed E-state index contributed by atoms with van der Waals surface area (Å²) in [6.45, 7) is 2.78. The maximum Gasteiger partial charge on any atom is 0.252 e. The number of piperidine rings is 1. The van der Waals surface area contributed by atoms with E-state index < -0.39 is 6.67 Å². The third kappa shape index (κ3) is 4.53. The van der Waals surface area contributed by atoms with Gasteiger partial charge in [-0.15, -0.1) is 0 Å². The summed E-state index contributed by atoms with van der Waals surface area (Å²) in [5.41, 5.74) is 2.99. The Bertz CT molecular complexity index is 856. The number of amides is 1. The molecule has 1 saturated heterocycles. The van der Waals surface area contributed by atoms with E-state index in [4.69, 9.17) is 9.47 Å². The summed E-state index contributed by atoms with van der Waals surface area (Å²) in [7, 11) is 2.14. The molecule has 1 N–H and O–H groups in total. The Morgan fingerprint density at radius 1 is 1.14 bits per heavy atom. The molecule has 2 aliphatic rings. The minimum absolute atomic E-state index is 0.0317. The van der Waals surface area contributed by atoms with Gasteiger partial charge in [0.2, 0.25) is 0 Å². The van der Waals surface area contributed by atoms with Gasteiger partial charge in [0.05, 0.1) is 6.61 Å². The number of halogens is 1. The molecule has 2 aromatic rings. The van der Waals surface area contributed by atoms with Crippen LogP contribution in [0.25, 0.3) is 0 Å². The van der Waals surface area contributed by atoms with Crippen LogP contribution in [0.5, 0.6) is 11.5 Å². The lowest BCUT2D eigenvalue weighted by atomic mass is 9.81. The van der Waals surface area contributed by atoms with Crippen molar-refractivity contribution < 1.29 is 18.7 Å². The molecule has 0 aliphatic carbocycles. The largest absolute Gasteiger partial charge is 0.493 e. The van der Waals surface area contributed by atoms with E-state index in [0.29, 0.717) is 36.3 Å². The quantitative estimate of drug-likeness (QED) is 0.777. The lowest BCUT2D eigenvalue weighted by Crippen LogP contribution is -2.39. The molecule has 154 valence electrons. The zero-order chi connectivity index (χ0) is 20.2. The minimum Gasteiger partial charge on any atom is -0.493 e. The number of fused-ring (bicyclic) bond motifs is 1. The molecule has 4 rings (SSSR count). The molecule has 2 atom stereocenters. The highest BCUT2D eigenvalue weighted by atomic mass is 19.1. The summed E-state index contributed by atoms with van der Waals surface area (Å²) in [4.78, 5) is 14.2. The highest BCUT2D eigenvalue weighted by Crippen LogP contribution is 2.34. The van der Waals surface area contributed by atoms with E-state index in [9.17, 15) is 9.18 Å². The number of nitrogens with zero attached hydrogens (tertiary/aromatic N) is 1. The molecule has 1 fully saturated rings. The number of hydrogen-bond donors (Lipinski definition) is 1. The summed E-state index contributed by atoms with van der Waals surface area (Å²) in [6, 6.07) is 13.7. The maximum atomic E-state index is 12.3. The van der Waals surface area contributed by atoms with E-state index >= 15 is 0 Å². The second-order valence-electron chi connectivity index (χ2n) is 7.84. The number of nitrogens with one attached hydrogen (secondary N) is 1. The highest BCUT2D eigenvalue weighted by Gasteiger charge is 2.30. The molecule has 2 aliphatic heterocycles. The van der Waals surface area contributed by atoms with Crippen molar-refractivity contribution in [3.05, 3.63) is 59.2 Å². The predicted molar refractivity (Wildman–Crippen MR) is 109 cm³/mol. The van der Waals surface area contributed by atoms with E-state index in [1.807, 2.05) is 30.3 Å². The number of rotatable bonds is 7. The Kier molecular flexibility index (Phi) is 6.00. The van der Waals surface area contributed by atoms with Crippen LogP contribution in [-0.4, -0.2) is 50.8 Å². The van der Waals surface area contributed by atoms with E-state index in [0.717, 1.165) is 30.8 Å². The maximum absolute atomic E-state index is 12.3. The fourth-order valence-corrected chi connectivity index (χ4v) is 4.27. The number of alkyl halides is 1. The van der Waals surface area contributed by atoms with E-state index in [1.54, 1.807) is 0 Å².